The first-order chi connectivity index (χ1) is 14.3. The van der Waals surface area contributed by atoms with Gasteiger partial charge in [-0.25, -0.2) is 4.79 Å². The molecule has 0 aliphatic rings. The Labute approximate surface area is 178 Å². The molecule has 8 heteroatoms. The minimum absolute atomic E-state index is 0.0741. The first kappa shape index (κ1) is 21.5. The van der Waals surface area contributed by atoms with Gasteiger partial charge in [-0.05, 0) is 49.6 Å². The Kier molecular flexibility index (Phi) is 6.52. The van der Waals surface area contributed by atoms with Crippen molar-refractivity contribution in [2.24, 2.45) is 0 Å². The summed E-state index contributed by atoms with van der Waals surface area (Å²) in [6.45, 7) is 5.55. The fourth-order valence-electron chi connectivity index (χ4n) is 2.92. The highest BCUT2D eigenvalue weighted by atomic mass is 35.5. The van der Waals surface area contributed by atoms with Gasteiger partial charge in [0.2, 0.25) is 5.69 Å². The Balaban J connectivity index is 2.22. The van der Waals surface area contributed by atoms with Crippen LogP contribution in [0.3, 0.4) is 0 Å². The molecule has 0 fully saturated rings. The first-order valence-electron chi connectivity index (χ1n) is 9.67. The summed E-state index contributed by atoms with van der Waals surface area (Å²) in [5.41, 5.74) is 0.216. The Hall–Kier alpha value is -3.19. The van der Waals surface area contributed by atoms with Gasteiger partial charge in [-0.1, -0.05) is 48.9 Å². The van der Waals surface area contributed by atoms with E-state index < -0.39 is 17.2 Å². The lowest BCUT2D eigenvalue weighted by atomic mass is 10.2. The van der Waals surface area contributed by atoms with Gasteiger partial charge in [-0.15, -0.1) is 0 Å². The second-order valence-electron chi connectivity index (χ2n) is 7.15. The van der Waals surface area contributed by atoms with Crippen LogP contribution in [0.4, 0.5) is 0 Å². The van der Waals surface area contributed by atoms with Gasteiger partial charge in [-0.2, -0.15) is 9.78 Å². The molecule has 3 rings (SSSR count). The van der Waals surface area contributed by atoms with E-state index in [0.717, 1.165) is 14.8 Å². The molecule has 7 nitrogen and oxygen atoms in total. The zero-order valence-corrected chi connectivity index (χ0v) is 17.8. The maximum Gasteiger partial charge on any atom is 0.352 e. The second-order valence-corrected chi connectivity index (χ2v) is 7.55. The molecule has 1 unspecified atom stereocenters. The average Bonchev–Trinajstić information content (AvgIpc) is 2.72. The molecular weight excluding hydrogens is 404 g/mol. The second kappa shape index (κ2) is 9.09. The van der Waals surface area contributed by atoms with Crippen molar-refractivity contribution >= 4 is 17.5 Å². The lowest BCUT2D eigenvalue weighted by Gasteiger charge is -2.15. The SMILES string of the molecule is CCC(C)NC(=O)c1nn(-c2cccc(C)c2)c(=O)n(Cc2ccccc2Cl)c1=O. The predicted octanol–water partition coefficient (Wildman–Crippen LogP) is 2.93. The van der Waals surface area contributed by atoms with Crippen LogP contribution in [0, 0.1) is 6.92 Å². The number of hydrogen-bond acceptors (Lipinski definition) is 4. The molecular formula is C22H23ClN4O3. The number of rotatable bonds is 6. The van der Waals surface area contributed by atoms with E-state index in [2.05, 4.69) is 10.4 Å². The Morgan fingerprint density at radius 2 is 1.90 bits per heavy atom. The van der Waals surface area contributed by atoms with Gasteiger partial charge in [0.1, 0.15) is 0 Å². The number of hydrogen-bond donors (Lipinski definition) is 1. The van der Waals surface area contributed by atoms with E-state index in [1.54, 1.807) is 42.5 Å². The summed E-state index contributed by atoms with van der Waals surface area (Å²) in [6.07, 6.45) is 0.692. The van der Waals surface area contributed by atoms with Crippen molar-refractivity contribution in [1.29, 1.82) is 0 Å². The summed E-state index contributed by atoms with van der Waals surface area (Å²) in [5.74, 6) is -0.622. The molecule has 1 heterocycles. The number of aryl methyl sites for hydroxylation is 1. The summed E-state index contributed by atoms with van der Waals surface area (Å²) in [5, 5.41) is 7.29. The number of carbonyl (C=O) groups excluding carboxylic acids is 1. The van der Waals surface area contributed by atoms with Gasteiger partial charge < -0.3 is 5.32 Å². The molecule has 0 radical (unpaired) electrons. The third-order valence-corrected chi connectivity index (χ3v) is 5.17. The van der Waals surface area contributed by atoms with Crippen molar-refractivity contribution < 1.29 is 4.79 Å². The van der Waals surface area contributed by atoms with Crippen LogP contribution in [-0.2, 0) is 6.54 Å². The number of nitrogens with zero attached hydrogens (tertiary/aromatic N) is 3. The number of halogens is 1. The molecule has 0 aliphatic carbocycles. The van der Waals surface area contributed by atoms with Crippen molar-refractivity contribution in [1.82, 2.24) is 19.7 Å². The van der Waals surface area contributed by atoms with E-state index in [4.69, 9.17) is 11.6 Å². The summed E-state index contributed by atoms with van der Waals surface area (Å²) in [4.78, 5) is 38.9. The summed E-state index contributed by atoms with van der Waals surface area (Å²) < 4.78 is 2.07. The minimum Gasteiger partial charge on any atom is -0.348 e. The van der Waals surface area contributed by atoms with Crippen LogP contribution < -0.4 is 16.6 Å². The normalized spacial score (nSPS) is 11.9. The molecule has 0 spiro atoms. The molecule has 1 N–H and O–H groups in total. The predicted molar refractivity (Wildman–Crippen MR) is 117 cm³/mol. The lowest BCUT2D eigenvalue weighted by molar-refractivity contribution is 0.0929. The van der Waals surface area contributed by atoms with Crippen LogP contribution in [0.5, 0.6) is 0 Å². The third kappa shape index (κ3) is 4.52. The standard InChI is InChI=1S/C22H23ClN4O3/c1-4-15(3)24-20(28)19-21(29)26(13-16-9-5-6-11-18(16)23)22(30)27(25-19)17-10-7-8-14(2)12-17/h5-12,15H,4,13H2,1-3H3,(H,24,28). The van der Waals surface area contributed by atoms with E-state index in [1.165, 1.54) is 0 Å². The van der Waals surface area contributed by atoms with Crippen molar-refractivity contribution in [3.8, 4) is 5.69 Å². The largest absolute Gasteiger partial charge is 0.352 e. The molecule has 1 amide bonds. The lowest BCUT2D eigenvalue weighted by Crippen LogP contribution is -2.47. The molecule has 1 aromatic heterocycles. The Bertz CT molecular complexity index is 1200. The highest BCUT2D eigenvalue weighted by Crippen LogP contribution is 2.15. The molecule has 0 bridgehead atoms. The molecule has 156 valence electrons. The van der Waals surface area contributed by atoms with Crippen molar-refractivity contribution in [2.45, 2.75) is 39.8 Å². The number of nitrogens with one attached hydrogen (secondary N) is 1. The van der Waals surface area contributed by atoms with Gasteiger partial charge in [0.25, 0.3) is 11.5 Å². The summed E-state index contributed by atoms with van der Waals surface area (Å²) in [6, 6.07) is 13.9. The smallest absolute Gasteiger partial charge is 0.348 e. The fourth-order valence-corrected chi connectivity index (χ4v) is 3.11. The minimum atomic E-state index is -0.760. The van der Waals surface area contributed by atoms with Crippen LogP contribution in [0.15, 0.2) is 58.1 Å². The highest BCUT2D eigenvalue weighted by Gasteiger charge is 2.21. The number of aromatic nitrogens is 3. The van der Waals surface area contributed by atoms with Gasteiger partial charge in [0, 0.05) is 11.1 Å². The van der Waals surface area contributed by atoms with E-state index in [1.807, 2.05) is 26.8 Å². The summed E-state index contributed by atoms with van der Waals surface area (Å²) >= 11 is 6.23. The number of amides is 1. The maximum absolute atomic E-state index is 13.2. The van der Waals surface area contributed by atoms with Crippen LogP contribution in [0.2, 0.25) is 5.02 Å². The fraction of sp³-hybridized carbons (Fsp3) is 0.273. The molecule has 3 aromatic rings. The molecule has 0 saturated carbocycles. The molecule has 0 aliphatic heterocycles. The molecule has 30 heavy (non-hydrogen) atoms. The van der Waals surface area contributed by atoms with E-state index >= 15 is 0 Å². The van der Waals surface area contributed by atoms with Gasteiger partial charge in [-0.3, -0.25) is 14.2 Å². The Morgan fingerprint density at radius 1 is 1.17 bits per heavy atom. The third-order valence-electron chi connectivity index (χ3n) is 4.80. The molecule has 2 aromatic carbocycles. The zero-order chi connectivity index (χ0) is 21.8. The van der Waals surface area contributed by atoms with Crippen LogP contribution >= 0.6 is 11.6 Å². The zero-order valence-electron chi connectivity index (χ0n) is 17.1. The highest BCUT2D eigenvalue weighted by molar-refractivity contribution is 6.31. The first-order valence-corrected chi connectivity index (χ1v) is 10.0. The number of benzene rings is 2. The molecule has 1 atom stereocenters. The van der Waals surface area contributed by atoms with E-state index in [-0.39, 0.29) is 18.3 Å². The molecule has 0 saturated heterocycles. The average molecular weight is 427 g/mol. The topological polar surface area (TPSA) is 86.0 Å². The van der Waals surface area contributed by atoms with Crippen LogP contribution in [-0.4, -0.2) is 26.3 Å². The Morgan fingerprint density at radius 3 is 2.57 bits per heavy atom. The van der Waals surface area contributed by atoms with Gasteiger partial charge >= 0.3 is 5.69 Å². The van der Waals surface area contributed by atoms with Crippen molar-refractivity contribution in [2.75, 3.05) is 0 Å². The van der Waals surface area contributed by atoms with Crippen LogP contribution in [0.1, 0.15) is 41.9 Å². The van der Waals surface area contributed by atoms with Crippen molar-refractivity contribution in [3.05, 3.63) is 91.2 Å². The van der Waals surface area contributed by atoms with Crippen molar-refractivity contribution in [3.63, 3.8) is 0 Å². The van der Waals surface area contributed by atoms with E-state index in [0.29, 0.717) is 22.7 Å². The van der Waals surface area contributed by atoms with Crippen LogP contribution in [0.25, 0.3) is 5.69 Å². The van der Waals surface area contributed by atoms with Gasteiger partial charge in [0.15, 0.2) is 0 Å². The van der Waals surface area contributed by atoms with Gasteiger partial charge in [0.05, 0.1) is 12.2 Å². The monoisotopic (exact) mass is 426 g/mol. The maximum atomic E-state index is 13.2. The number of carbonyl (C=O) groups is 1. The quantitative estimate of drug-likeness (QED) is 0.656. The summed E-state index contributed by atoms with van der Waals surface area (Å²) in [7, 11) is 0. The van der Waals surface area contributed by atoms with E-state index in [9.17, 15) is 14.4 Å².